The summed E-state index contributed by atoms with van der Waals surface area (Å²) >= 11 is 3.42. The summed E-state index contributed by atoms with van der Waals surface area (Å²) in [4.78, 5) is 14.1. The minimum absolute atomic E-state index is 0.112. The fourth-order valence-electron chi connectivity index (χ4n) is 3.17. The molecule has 28 heavy (non-hydrogen) atoms. The van der Waals surface area contributed by atoms with E-state index in [1.165, 1.54) is 12.1 Å². The van der Waals surface area contributed by atoms with Gasteiger partial charge in [-0.15, -0.1) is 0 Å². The number of carbonyl (C=O) groups is 1. The maximum atomic E-state index is 13.0. The lowest BCUT2D eigenvalue weighted by molar-refractivity contribution is -0.138. The first-order valence-electron chi connectivity index (χ1n) is 8.89. The summed E-state index contributed by atoms with van der Waals surface area (Å²) in [6.45, 7) is 1.36. The molecule has 1 N–H and O–H groups in total. The first-order valence-corrected chi connectivity index (χ1v) is 9.69. The summed E-state index contributed by atoms with van der Waals surface area (Å²) in [5.41, 5.74) is 0.473. The molecule has 1 aliphatic rings. The number of rotatable bonds is 4. The van der Waals surface area contributed by atoms with Gasteiger partial charge in [0.1, 0.15) is 6.10 Å². The van der Waals surface area contributed by atoms with Gasteiger partial charge >= 0.3 is 12.2 Å². The standard InChI is InChI=1S/C20H20BrF3N2O2/c21-16-6-3-5-15(12-16)18-13-26(10-11-28-18)19(27)25-9-8-14-4-1-2-7-17(14)20(22,23)24/h1-7,12,18H,8-11,13H2,(H,25,27). The Morgan fingerprint density at radius 3 is 2.75 bits per heavy atom. The van der Waals surface area contributed by atoms with Gasteiger partial charge < -0.3 is 15.0 Å². The number of morpholine rings is 1. The molecule has 1 aliphatic heterocycles. The van der Waals surface area contributed by atoms with Gasteiger partial charge in [0.2, 0.25) is 0 Å². The van der Waals surface area contributed by atoms with E-state index in [2.05, 4.69) is 21.2 Å². The highest BCUT2D eigenvalue weighted by atomic mass is 79.9. The fourth-order valence-corrected chi connectivity index (χ4v) is 3.59. The lowest BCUT2D eigenvalue weighted by atomic mass is 10.0. The van der Waals surface area contributed by atoms with E-state index < -0.39 is 11.7 Å². The molecule has 0 bridgehead atoms. The number of nitrogens with zero attached hydrogens (tertiary/aromatic N) is 1. The van der Waals surface area contributed by atoms with Crippen LogP contribution in [0.2, 0.25) is 0 Å². The molecular weight excluding hydrogens is 437 g/mol. The third-order valence-corrected chi connectivity index (χ3v) is 5.06. The minimum atomic E-state index is -4.40. The van der Waals surface area contributed by atoms with Gasteiger partial charge in [-0.25, -0.2) is 4.79 Å². The van der Waals surface area contributed by atoms with Crippen LogP contribution in [0.1, 0.15) is 22.8 Å². The molecule has 1 fully saturated rings. The van der Waals surface area contributed by atoms with Crippen molar-refractivity contribution in [2.24, 2.45) is 0 Å². The molecule has 4 nitrogen and oxygen atoms in total. The second-order valence-corrected chi connectivity index (χ2v) is 7.41. The van der Waals surface area contributed by atoms with E-state index in [0.717, 1.165) is 16.1 Å². The summed E-state index contributed by atoms with van der Waals surface area (Å²) in [7, 11) is 0. The average molecular weight is 457 g/mol. The molecular formula is C20H20BrF3N2O2. The van der Waals surface area contributed by atoms with E-state index in [1.807, 2.05) is 24.3 Å². The van der Waals surface area contributed by atoms with Crippen molar-refractivity contribution in [2.75, 3.05) is 26.2 Å². The van der Waals surface area contributed by atoms with Crippen molar-refractivity contribution in [2.45, 2.75) is 18.7 Å². The number of benzene rings is 2. The second kappa shape index (κ2) is 8.96. The highest BCUT2D eigenvalue weighted by Gasteiger charge is 2.32. The molecule has 8 heteroatoms. The van der Waals surface area contributed by atoms with Crippen molar-refractivity contribution >= 4 is 22.0 Å². The average Bonchev–Trinajstić information content (AvgIpc) is 2.67. The first-order chi connectivity index (χ1) is 13.3. The number of nitrogens with one attached hydrogen (secondary N) is 1. The van der Waals surface area contributed by atoms with E-state index in [1.54, 1.807) is 11.0 Å². The molecule has 1 atom stereocenters. The third kappa shape index (κ3) is 5.26. The summed E-state index contributed by atoms with van der Waals surface area (Å²) < 4.78 is 45.8. The Morgan fingerprint density at radius 1 is 1.21 bits per heavy atom. The van der Waals surface area contributed by atoms with Crippen LogP contribution in [0.15, 0.2) is 53.0 Å². The van der Waals surface area contributed by atoms with E-state index in [-0.39, 0.29) is 30.7 Å². The highest BCUT2D eigenvalue weighted by Crippen LogP contribution is 2.32. The number of urea groups is 1. The van der Waals surface area contributed by atoms with Gasteiger partial charge in [-0.3, -0.25) is 0 Å². The van der Waals surface area contributed by atoms with E-state index in [0.29, 0.717) is 19.7 Å². The predicted molar refractivity (Wildman–Crippen MR) is 103 cm³/mol. The van der Waals surface area contributed by atoms with Gasteiger partial charge in [0.25, 0.3) is 0 Å². The quantitative estimate of drug-likeness (QED) is 0.718. The summed E-state index contributed by atoms with van der Waals surface area (Å²) in [6, 6.07) is 12.8. The Hall–Kier alpha value is -2.06. The number of carbonyl (C=O) groups excluding carboxylic acids is 1. The maximum absolute atomic E-state index is 13.0. The molecule has 150 valence electrons. The molecule has 1 unspecified atom stereocenters. The number of amides is 2. The molecule has 0 aromatic heterocycles. The molecule has 1 saturated heterocycles. The molecule has 2 aromatic rings. The Bertz CT molecular complexity index is 829. The van der Waals surface area contributed by atoms with Crippen molar-refractivity contribution in [1.29, 1.82) is 0 Å². The van der Waals surface area contributed by atoms with Gasteiger partial charge in [-0.2, -0.15) is 13.2 Å². The Labute approximate surface area is 169 Å². The number of hydrogen-bond donors (Lipinski definition) is 1. The van der Waals surface area contributed by atoms with Crippen molar-refractivity contribution in [3.05, 3.63) is 69.7 Å². The largest absolute Gasteiger partial charge is 0.416 e. The topological polar surface area (TPSA) is 41.6 Å². The normalized spacial score (nSPS) is 17.4. The molecule has 3 rings (SSSR count). The van der Waals surface area contributed by atoms with Crippen LogP contribution in [0.3, 0.4) is 0 Å². The molecule has 2 aromatic carbocycles. The lowest BCUT2D eigenvalue weighted by Crippen LogP contribution is -2.47. The molecule has 1 heterocycles. The number of halogens is 4. The number of ether oxygens (including phenoxy) is 1. The van der Waals surface area contributed by atoms with Crippen LogP contribution in [0.4, 0.5) is 18.0 Å². The zero-order chi connectivity index (χ0) is 20.1. The molecule has 0 spiro atoms. The van der Waals surface area contributed by atoms with Crippen LogP contribution in [0, 0.1) is 0 Å². The van der Waals surface area contributed by atoms with Gasteiger partial charge in [-0.05, 0) is 35.7 Å². The molecule has 0 aliphatic carbocycles. The summed E-state index contributed by atoms with van der Waals surface area (Å²) in [5, 5.41) is 2.72. The predicted octanol–water partition coefficient (Wildman–Crippen LogP) is 4.79. The van der Waals surface area contributed by atoms with Gasteiger partial charge in [0.15, 0.2) is 0 Å². The first kappa shape index (κ1) is 20.7. The SMILES string of the molecule is O=C(NCCc1ccccc1C(F)(F)F)N1CCOC(c2cccc(Br)c2)C1. The molecule has 0 radical (unpaired) electrons. The van der Waals surface area contributed by atoms with E-state index >= 15 is 0 Å². The van der Waals surface area contributed by atoms with Crippen LogP contribution in [0.5, 0.6) is 0 Å². The smallest absolute Gasteiger partial charge is 0.370 e. The van der Waals surface area contributed by atoms with E-state index in [4.69, 9.17) is 4.74 Å². The fraction of sp³-hybridized carbons (Fsp3) is 0.350. The Kier molecular flexibility index (Phi) is 6.61. The van der Waals surface area contributed by atoms with Crippen LogP contribution < -0.4 is 5.32 Å². The van der Waals surface area contributed by atoms with Crippen molar-refractivity contribution in [3.8, 4) is 0 Å². The summed E-state index contributed by atoms with van der Waals surface area (Å²) in [5.74, 6) is 0. The summed E-state index contributed by atoms with van der Waals surface area (Å²) in [6.07, 6.45) is -4.52. The van der Waals surface area contributed by atoms with Crippen LogP contribution in [-0.4, -0.2) is 37.2 Å². The zero-order valence-electron chi connectivity index (χ0n) is 15.0. The van der Waals surface area contributed by atoms with Crippen LogP contribution in [0.25, 0.3) is 0 Å². The zero-order valence-corrected chi connectivity index (χ0v) is 16.6. The van der Waals surface area contributed by atoms with Crippen LogP contribution >= 0.6 is 15.9 Å². The van der Waals surface area contributed by atoms with Gasteiger partial charge in [-0.1, -0.05) is 46.3 Å². The lowest BCUT2D eigenvalue weighted by Gasteiger charge is -2.33. The third-order valence-electron chi connectivity index (χ3n) is 4.57. The highest BCUT2D eigenvalue weighted by molar-refractivity contribution is 9.10. The number of alkyl halides is 3. The monoisotopic (exact) mass is 456 g/mol. The molecule has 0 saturated carbocycles. The van der Waals surface area contributed by atoms with Crippen molar-refractivity contribution in [3.63, 3.8) is 0 Å². The molecule has 2 amide bonds. The Morgan fingerprint density at radius 2 is 2.00 bits per heavy atom. The Balaban J connectivity index is 1.55. The van der Waals surface area contributed by atoms with Crippen molar-refractivity contribution in [1.82, 2.24) is 10.2 Å². The maximum Gasteiger partial charge on any atom is 0.416 e. The minimum Gasteiger partial charge on any atom is -0.370 e. The number of hydrogen-bond acceptors (Lipinski definition) is 2. The second-order valence-electron chi connectivity index (χ2n) is 6.50. The van der Waals surface area contributed by atoms with Crippen LogP contribution in [-0.2, 0) is 17.3 Å². The van der Waals surface area contributed by atoms with Gasteiger partial charge in [0.05, 0.1) is 18.7 Å². The van der Waals surface area contributed by atoms with Crippen molar-refractivity contribution < 1.29 is 22.7 Å². The van der Waals surface area contributed by atoms with Gasteiger partial charge in [0, 0.05) is 17.6 Å². The van der Waals surface area contributed by atoms with E-state index in [9.17, 15) is 18.0 Å².